The Hall–Kier alpha value is -2.69. The molecule has 0 fully saturated rings. The lowest BCUT2D eigenvalue weighted by atomic mass is 10.2. The summed E-state index contributed by atoms with van der Waals surface area (Å²) in [6.45, 7) is 0. The Balaban J connectivity index is 2.30. The van der Waals surface area contributed by atoms with Crippen molar-refractivity contribution in [3.63, 3.8) is 0 Å². The average Bonchev–Trinajstić information content (AvgIpc) is 2.59. The van der Waals surface area contributed by atoms with Gasteiger partial charge in [0.05, 0.1) is 33.2 Å². The molecular formula is C17H20N2O3. The van der Waals surface area contributed by atoms with Crippen LogP contribution < -0.4 is 19.2 Å². The van der Waals surface area contributed by atoms with E-state index in [1.54, 1.807) is 38.6 Å². The quantitative estimate of drug-likeness (QED) is 0.607. The van der Waals surface area contributed by atoms with Crippen LogP contribution in [0.2, 0.25) is 0 Å². The average molecular weight is 300 g/mol. The first kappa shape index (κ1) is 15.7. The first-order valence-corrected chi connectivity index (χ1v) is 6.82. The summed E-state index contributed by atoms with van der Waals surface area (Å²) in [5.41, 5.74) is 1.81. The van der Waals surface area contributed by atoms with Crippen LogP contribution in [0, 0.1) is 0 Å². The van der Waals surface area contributed by atoms with Crippen LogP contribution in [0.3, 0.4) is 0 Å². The Kier molecular flexibility index (Phi) is 5.25. The van der Waals surface area contributed by atoms with E-state index in [0.29, 0.717) is 17.2 Å². The van der Waals surface area contributed by atoms with Gasteiger partial charge in [0.15, 0.2) is 11.5 Å². The maximum Gasteiger partial charge on any atom is 0.164 e. The number of nitrogens with zero attached hydrogens (tertiary/aromatic N) is 2. The van der Waals surface area contributed by atoms with Gasteiger partial charge in [-0.1, -0.05) is 18.2 Å². The third kappa shape index (κ3) is 3.49. The summed E-state index contributed by atoms with van der Waals surface area (Å²) < 4.78 is 16.0. The molecule has 0 heterocycles. The number of benzene rings is 2. The van der Waals surface area contributed by atoms with Crippen molar-refractivity contribution in [3.8, 4) is 17.2 Å². The minimum atomic E-state index is 0.618. The van der Waals surface area contributed by atoms with Crippen LogP contribution in [0.15, 0.2) is 47.6 Å². The number of hydrogen-bond donors (Lipinski definition) is 0. The molecule has 0 saturated heterocycles. The lowest BCUT2D eigenvalue weighted by molar-refractivity contribution is 0.349. The van der Waals surface area contributed by atoms with Gasteiger partial charge >= 0.3 is 0 Å². The molecule has 0 aliphatic rings. The molecule has 2 aromatic rings. The molecule has 22 heavy (non-hydrogen) atoms. The number of para-hydroxylation sites is 1. The summed E-state index contributed by atoms with van der Waals surface area (Å²) in [5.74, 6) is 1.92. The smallest absolute Gasteiger partial charge is 0.164 e. The number of anilines is 1. The summed E-state index contributed by atoms with van der Waals surface area (Å²) >= 11 is 0. The maximum absolute atomic E-state index is 5.38. The largest absolute Gasteiger partial charge is 0.496 e. The van der Waals surface area contributed by atoms with Gasteiger partial charge in [0, 0.05) is 18.7 Å². The van der Waals surface area contributed by atoms with Gasteiger partial charge in [0.1, 0.15) is 5.75 Å². The highest BCUT2D eigenvalue weighted by atomic mass is 16.5. The van der Waals surface area contributed by atoms with Crippen LogP contribution in [0.5, 0.6) is 17.2 Å². The molecule has 0 aromatic heterocycles. The lowest BCUT2D eigenvalue weighted by Crippen LogP contribution is -2.08. The van der Waals surface area contributed by atoms with Crippen molar-refractivity contribution in [1.82, 2.24) is 0 Å². The summed E-state index contributed by atoms with van der Waals surface area (Å²) in [5, 5.41) is 6.22. The maximum atomic E-state index is 5.38. The Morgan fingerprint density at radius 2 is 1.45 bits per heavy atom. The van der Waals surface area contributed by atoms with Crippen LogP contribution in [-0.2, 0) is 0 Å². The highest BCUT2D eigenvalue weighted by Gasteiger charge is 2.10. The predicted octanol–water partition coefficient (Wildman–Crippen LogP) is 3.18. The van der Waals surface area contributed by atoms with Crippen molar-refractivity contribution >= 4 is 11.9 Å². The standard InChI is InChI=1S/C17H20N2O3/c1-19(14-8-6-5-7-9-14)18-12-13-10-16(21-3)17(22-4)11-15(13)20-2/h5-12H,1-4H3/b18-12+. The fraction of sp³-hybridized carbons (Fsp3) is 0.235. The molecule has 0 unspecified atom stereocenters. The van der Waals surface area contributed by atoms with Crippen molar-refractivity contribution < 1.29 is 14.2 Å². The van der Waals surface area contributed by atoms with Crippen LogP contribution in [0.25, 0.3) is 0 Å². The lowest BCUT2D eigenvalue weighted by Gasteiger charge is -2.14. The zero-order chi connectivity index (χ0) is 15.9. The molecule has 2 rings (SSSR count). The van der Waals surface area contributed by atoms with Gasteiger partial charge in [-0.3, -0.25) is 5.01 Å². The molecule has 0 aliphatic carbocycles. The Morgan fingerprint density at radius 1 is 0.864 bits per heavy atom. The molecule has 0 bridgehead atoms. The van der Waals surface area contributed by atoms with Gasteiger partial charge < -0.3 is 14.2 Å². The molecule has 0 atom stereocenters. The SMILES string of the molecule is COc1cc(OC)c(OC)cc1/C=N/N(C)c1ccccc1. The molecule has 116 valence electrons. The first-order chi connectivity index (χ1) is 10.7. The zero-order valence-corrected chi connectivity index (χ0v) is 13.2. The first-order valence-electron chi connectivity index (χ1n) is 6.82. The van der Waals surface area contributed by atoms with Crippen molar-refractivity contribution in [2.24, 2.45) is 5.10 Å². The molecule has 0 saturated carbocycles. The number of rotatable bonds is 6. The van der Waals surface area contributed by atoms with Crippen molar-refractivity contribution in [2.45, 2.75) is 0 Å². The topological polar surface area (TPSA) is 43.3 Å². The van der Waals surface area contributed by atoms with Gasteiger partial charge in [-0.05, 0) is 18.2 Å². The third-order valence-corrected chi connectivity index (χ3v) is 3.24. The van der Waals surface area contributed by atoms with Gasteiger partial charge in [-0.2, -0.15) is 5.10 Å². The highest BCUT2D eigenvalue weighted by molar-refractivity contribution is 5.85. The molecule has 0 amide bonds. The molecule has 0 aliphatic heterocycles. The Bertz CT molecular complexity index is 642. The van der Waals surface area contributed by atoms with Crippen LogP contribution >= 0.6 is 0 Å². The van der Waals surface area contributed by atoms with Crippen LogP contribution in [0.1, 0.15) is 5.56 Å². The highest BCUT2D eigenvalue weighted by Crippen LogP contribution is 2.33. The Morgan fingerprint density at radius 3 is 2.05 bits per heavy atom. The number of hydrazone groups is 1. The van der Waals surface area contributed by atoms with Crippen molar-refractivity contribution in [3.05, 3.63) is 48.0 Å². The van der Waals surface area contributed by atoms with E-state index in [0.717, 1.165) is 11.3 Å². The van der Waals surface area contributed by atoms with E-state index in [9.17, 15) is 0 Å². The van der Waals surface area contributed by atoms with E-state index in [1.807, 2.05) is 43.4 Å². The molecule has 2 aromatic carbocycles. The second-order valence-corrected chi connectivity index (χ2v) is 4.55. The minimum absolute atomic E-state index is 0.618. The van der Waals surface area contributed by atoms with Crippen LogP contribution in [0.4, 0.5) is 5.69 Å². The molecule has 5 nitrogen and oxygen atoms in total. The summed E-state index contributed by atoms with van der Waals surface area (Å²) in [6, 6.07) is 13.5. The van der Waals surface area contributed by atoms with E-state index in [2.05, 4.69) is 5.10 Å². The Labute approximate surface area is 130 Å². The molecule has 0 spiro atoms. The summed E-state index contributed by atoms with van der Waals surface area (Å²) in [4.78, 5) is 0. The normalized spacial score (nSPS) is 10.5. The second kappa shape index (κ2) is 7.36. The van der Waals surface area contributed by atoms with Gasteiger partial charge in [-0.15, -0.1) is 0 Å². The number of ether oxygens (including phenoxy) is 3. The fourth-order valence-electron chi connectivity index (χ4n) is 2.01. The number of hydrogen-bond acceptors (Lipinski definition) is 5. The molecule has 5 heteroatoms. The second-order valence-electron chi connectivity index (χ2n) is 4.55. The van der Waals surface area contributed by atoms with E-state index >= 15 is 0 Å². The zero-order valence-electron chi connectivity index (χ0n) is 13.2. The molecular weight excluding hydrogens is 280 g/mol. The van der Waals surface area contributed by atoms with E-state index < -0.39 is 0 Å². The van der Waals surface area contributed by atoms with E-state index in [-0.39, 0.29) is 0 Å². The van der Waals surface area contributed by atoms with Gasteiger partial charge in [0.2, 0.25) is 0 Å². The van der Waals surface area contributed by atoms with E-state index in [1.165, 1.54) is 0 Å². The van der Waals surface area contributed by atoms with Crippen LogP contribution in [-0.4, -0.2) is 34.6 Å². The predicted molar refractivity (Wildman–Crippen MR) is 88.5 cm³/mol. The number of methoxy groups -OCH3 is 3. The fourth-order valence-corrected chi connectivity index (χ4v) is 2.01. The third-order valence-electron chi connectivity index (χ3n) is 3.24. The van der Waals surface area contributed by atoms with Crippen molar-refractivity contribution in [1.29, 1.82) is 0 Å². The monoisotopic (exact) mass is 300 g/mol. The molecule has 0 radical (unpaired) electrons. The molecule has 0 N–H and O–H groups in total. The summed E-state index contributed by atoms with van der Waals surface area (Å²) in [6.07, 6.45) is 1.73. The minimum Gasteiger partial charge on any atom is -0.496 e. The summed E-state index contributed by atoms with van der Waals surface area (Å²) in [7, 11) is 6.69. The van der Waals surface area contributed by atoms with Crippen molar-refractivity contribution in [2.75, 3.05) is 33.4 Å². The van der Waals surface area contributed by atoms with E-state index in [4.69, 9.17) is 14.2 Å². The van der Waals surface area contributed by atoms with Gasteiger partial charge in [0.25, 0.3) is 0 Å². The van der Waals surface area contributed by atoms with Gasteiger partial charge in [-0.25, -0.2) is 0 Å².